The quantitative estimate of drug-likeness (QED) is 0.691. The highest BCUT2D eigenvalue weighted by atomic mass is 32.2. The number of hydrogen-bond donors (Lipinski definition) is 0. The molecule has 0 unspecified atom stereocenters. The van der Waals surface area contributed by atoms with Crippen LogP contribution in [0.5, 0.6) is 0 Å². The van der Waals surface area contributed by atoms with Crippen molar-refractivity contribution >= 4 is 34.7 Å². The maximum Gasteiger partial charge on any atom is 0.0273 e. The second-order valence-corrected chi connectivity index (χ2v) is 7.57. The molecule has 0 saturated carbocycles. The van der Waals surface area contributed by atoms with E-state index < -0.39 is 0 Å². The molecule has 1 aliphatic heterocycles. The van der Waals surface area contributed by atoms with Gasteiger partial charge in [0.25, 0.3) is 0 Å². The summed E-state index contributed by atoms with van der Waals surface area (Å²) in [5, 5.41) is 0. The maximum absolute atomic E-state index is 4.27. The molecule has 0 radical (unpaired) electrons. The molecule has 0 aliphatic carbocycles. The Bertz CT molecular complexity index is 692. The number of benzene rings is 1. The average molecular weight is 326 g/mol. The van der Waals surface area contributed by atoms with Crippen molar-refractivity contribution in [2.24, 2.45) is 0 Å². The van der Waals surface area contributed by atoms with Gasteiger partial charge in [-0.3, -0.25) is 4.98 Å². The Kier molecular flexibility index (Phi) is 5.06. The molecule has 3 heteroatoms. The molecule has 0 bridgehead atoms. The van der Waals surface area contributed by atoms with E-state index >= 15 is 0 Å². The molecule has 1 aromatic carbocycles. The molecule has 2 aromatic rings. The summed E-state index contributed by atoms with van der Waals surface area (Å²) in [5.41, 5.74) is 4.76. The smallest absolute Gasteiger partial charge is 0.0273 e. The normalized spacial score (nSPS) is 13.5. The fraction of sp³-hybridized carbons (Fsp3) is 0.211. The standard InChI is InChI=1S/C19H19NS2/c1-14(16-7-9-20-10-8-16)3-4-15(2)17-5-6-18-19(13-17)22-12-11-21-18/h5-10,13H,1-4,11-12H2. The van der Waals surface area contributed by atoms with Crippen LogP contribution in [0.4, 0.5) is 0 Å². The van der Waals surface area contributed by atoms with Crippen LogP contribution in [0.3, 0.4) is 0 Å². The molecule has 1 nitrogen and oxygen atoms in total. The molecule has 0 fully saturated rings. The summed E-state index contributed by atoms with van der Waals surface area (Å²) in [4.78, 5) is 6.87. The predicted octanol–water partition coefficient (Wildman–Crippen LogP) is 5.79. The van der Waals surface area contributed by atoms with Gasteiger partial charge in [0, 0.05) is 33.7 Å². The van der Waals surface area contributed by atoms with Crippen molar-refractivity contribution in [1.29, 1.82) is 0 Å². The number of hydrogen-bond acceptors (Lipinski definition) is 3. The van der Waals surface area contributed by atoms with E-state index in [9.17, 15) is 0 Å². The van der Waals surface area contributed by atoms with Gasteiger partial charge < -0.3 is 0 Å². The van der Waals surface area contributed by atoms with E-state index in [1.165, 1.54) is 38.0 Å². The second kappa shape index (κ2) is 7.21. The molecule has 1 aliphatic rings. The Morgan fingerprint density at radius 1 is 0.864 bits per heavy atom. The minimum Gasteiger partial charge on any atom is -0.265 e. The highest BCUT2D eigenvalue weighted by Gasteiger charge is 2.12. The van der Waals surface area contributed by atoms with E-state index in [-0.39, 0.29) is 0 Å². The van der Waals surface area contributed by atoms with E-state index in [4.69, 9.17) is 0 Å². The van der Waals surface area contributed by atoms with Crippen molar-refractivity contribution in [2.75, 3.05) is 11.5 Å². The molecule has 0 spiro atoms. The summed E-state index contributed by atoms with van der Waals surface area (Å²) < 4.78 is 0. The summed E-state index contributed by atoms with van der Waals surface area (Å²) in [6.07, 6.45) is 5.50. The van der Waals surface area contributed by atoms with Crippen LogP contribution in [0.25, 0.3) is 11.1 Å². The second-order valence-electron chi connectivity index (χ2n) is 5.30. The summed E-state index contributed by atoms with van der Waals surface area (Å²) in [7, 11) is 0. The minimum atomic E-state index is 0.932. The van der Waals surface area contributed by atoms with Crippen LogP contribution >= 0.6 is 23.5 Å². The number of allylic oxidation sites excluding steroid dienone is 2. The topological polar surface area (TPSA) is 12.9 Å². The van der Waals surface area contributed by atoms with E-state index in [0.717, 1.165) is 18.4 Å². The van der Waals surface area contributed by atoms with Gasteiger partial charge in [0.2, 0.25) is 0 Å². The largest absolute Gasteiger partial charge is 0.265 e. The van der Waals surface area contributed by atoms with Crippen LogP contribution < -0.4 is 0 Å². The van der Waals surface area contributed by atoms with Gasteiger partial charge >= 0.3 is 0 Å². The van der Waals surface area contributed by atoms with Crippen LogP contribution in [-0.4, -0.2) is 16.5 Å². The Labute approximate surface area is 140 Å². The van der Waals surface area contributed by atoms with Crippen LogP contribution in [0.15, 0.2) is 65.7 Å². The van der Waals surface area contributed by atoms with Gasteiger partial charge in [-0.2, -0.15) is 0 Å². The number of nitrogens with zero attached hydrogens (tertiary/aromatic N) is 1. The maximum atomic E-state index is 4.27. The molecular weight excluding hydrogens is 306 g/mol. The van der Waals surface area contributed by atoms with Crippen LogP contribution in [0.1, 0.15) is 24.0 Å². The monoisotopic (exact) mass is 325 g/mol. The van der Waals surface area contributed by atoms with Gasteiger partial charge in [0.1, 0.15) is 0 Å². The van der Waals surface area contributed by atoms with Gasteiger partial charge in [0.15, 0.2) is 0 Å². The zero-order chi connectivity index (χ0) is 15.4. The van der Waals surface area contributed by atoms with Crippen LogP contribution in [-0.2, 0) is 0 Å². The minimum absolute atomic E-state index is 0.932. The number of rotatable bonds is 5. The molecule has 0 atom stereocenters. The third kappa shape index (κ3) is 3.65. The molecule has 2 heterocycles. The van der Waals surface area contributed by atoms with Crippen molar-refractivity contribution in [3.05, 3.63) is 67.0 Å². The highest BCUT2D eigenvalue weighted by Crippen LogP contribution is 2.38. The zero-order valence-electron chi connectivity index (χ0n) is 12.5. The van der Waals surface area contributed by atoms with Crippen molar-refractivity contribution in [3.63, 3.8) is 0 Å². The first-order valence-corrected chi connectivity index (χ1v) is 9.37. The Morgan fingerprint density at radius 2 is 1.50 bits per heavy atom. The molecular formula is C19H19NS2. The number of thioether (sulfide) groups is 2. The molecule has 0 N–H and O–H groups in total. The lowest BCUT2D eigenvalue weighted by molar-refractivity contribution is 1.08. The van der Waals surface area contributed by atoms with Crippen molar-refractivity contribution in [3.8, 4) is 0 Å². The van der Waals surface area contributed by atoms with E-state index in [1.54, 1.807) is 0 Å². The van der Waals surface area contributed by atoms with Crippen LogP contribution in [0.2, 0.25) is 0 Å². The molecule has 3 rings (SSSR count). The number of pyridine rings is 1. The van der Waals surface area contributed by atoms with Crippen molar-refractivity contribution in [2.45, 2.75) is 22.6 Å². The number of fused-ring (bicyclic) bond motifs is 1. The van der Waals surface area contributed by atoms with Gasteiger partial charge in [-0.05, 0) is 59.4 Å². The van der Waals surface area contributed by atoms with Crippen molar-refractivity contribution < 1.29 is 0 Å². The first-order valence-electron chi connectivity index (χ1n) is 7.40. The molecule has 22 heavy (non-hydrogen) atoms. The lowest BCUT2D eigenvalue weighted by atomic mass is 9.97. The van der Waals surface area contributed by atoms with Crippen molar-refractivity contribution in [1.82, 2.24) is 4.98 Å². The third-order valence-corrected chi connectivity index (χ3v) is 6.29. The van der Waals surface area contributed by atoms with Gasteiger partial charge in [-0.25, -0.2) is 0 Å². The molecule has 0 amide bonds. The first-order chi connectivity index (χ1) is 10.7. The van der Waals surface area contributed by atoms with Gasteiger partial charge in [0.05, 0.1) is 0 Å². The van der Waals surface area contributed by atoms with Crippen LogP contribution in [0, 0.1) is 0 Å². The van der Waals surface area contributed by atoms with E-state index in [2.05, 4.69) is 36.3 Å². The summed E-state index contributed by atoms with van der Waals surface area (Å²) in [6, 6.07) is 10.8. The molecule has 1 aromatic heterocycles. The Morgan fingerprint density at radius 3 is 2.23 bits per heavy atom. The highest BCUT2D eigenvalue weighted by molar-refractivity contribution is 8.05. The molecule has 112 valence electrons. The van der Waals surface area contributed by atoms with Gasteiger partial charge in [-0.1, -0.05) is 19.2 Å². The Hall–Kier alpha value is -1.45. The lowest BCUT2D eigenvalue weighted by Crippen LogP contribution is -1.95. The molecule has 0 saturated heterocycles. The third-order valence-electron chi connectivity index (χ3n) is 3.77. The van der Waals surface area contributed by atoms with E-state index in [0.29, 0.717) is 0 Å². The fourth-order valence-electron chi connectivity index (χ4n) is 2.44. The summed E-state index contributed by atoms with van der Waals surface area (Å²) in [5.74, 6) is 2.41. The first kappa shape index (κ1) is 15.4. The van der Waals surface area contributed by atoms with E-state index in [1.807, 2.05) is 48.1 Å². The Balaban J connectivity index is 1.64. The number of aromatic nitrogens is 1. The zero-order valence-corrected chi connectivity index (χ0v) is 14.2. The average Bonchev–Trinajstić information content (AvgIpc) is 2.59. The fourth-order valence-corrected chi connectivity index (χ4v) is 4.69. The SMILES string of the molecule is C=C(CCC(=C)c1ccc2c(c1)SCCS2)c1ccncc1. The lowest BCUT2D eigenvalue weighted by Gasteiger charge is -2.16. The predicted molar refractivity (Wildman–Crippen MR) is 99.4 cm³/mol. The van der Waals surface area contributed by atoms with Gasteiger partial charge in [-0.15, -0.1) is 23.5 Å². The summed E-state index contributed by atoms with van der Waals surface area (Å²) >= 11 is 3.91. The summed E-state index contributed by atoms with van der Waals surface area (Å²) in [6.45, 7) is 8.45.